The number of nitrogens with two attached hydrogens (primary N) is 1. The topological polar surface area (TPSA) is 29.3 Å². The van der Waals surface area contributed by atoms with E-state index in [1.54, 1.807) is 0 Å². The summed E-state index contributed by atoms with van der Waals surface area (Å²) in [5.74, 6) is 0. The highest BCUT2D eigenvalue weighted by Crippen LogP contribution is 2.42. The number of fused-ring (bicyclic) bond motifs is 1. The van der Waals surface area contributed by atoms with Crippen molar-refractivity contribution < 1.29 is 0 Å². The van der Waals surface area contributed by atoms with Crippen molar-refractivity contribution in [2.24, 2.45) is 5.73 Å². The van der Waals surface area contributed by atoms with Crippen molar-refractivity contribution in [2.75, 3.05) is 7.05 Å². The van der Waals surface area contributed by atoms with E-state index in [-0.39, 0.29) is 6.04 Å². The van der Waals surface area contributed by atoms with Gasteiger partial charge in [0, 0.05) is 18.1 Å². The van der Waals surface area contributed by atoms with Gasteiger partial charge in [0.1, 0.15) is 0 Å². The number of hydrogen-bond acceptors (Lipinski definition) is 2. The Bertz CT molecular complexity index is 421. The first-order valence-corrected chi connectivity index (χ1v) is 7.83. The first-order chi connectivity index (χ1) is 9.27. The Balaban J connectivity index is 1.79. The molecule has 0 radical (unpaired) electrons. The number of benzene rings is 1. The van der Waals surface area contributed by atoms with Crippen LogP contribution in [0.5, 0.6) is 0 Å². The van der Waals surface area contributed by atoms with Crippen molar-refractivity contribution in [1.82, 2.24) is 4.90 Å². The molecule has 1 aromatic carbocycles. The maximum Gasteiger partial charge on any atom is 0.0369 e. The van der Waals surface area contributed by atoms with E-state index >= 15 is 0 Å². The van der Waals surface area contributed by atoms with E-state index in [1.807, 2.05) is 0 Å². The van der Waals surface area contributed by atoms with Crippen molar-refractivity contribution in [1.29, 1.82) is 0 Å². The summed E-state index contributed by atoms with van der Waals surface area (Å²) in [4.78, 5) is 2.62. The molecule has 2 heteroatoms. The van der Waals surface area contributed by atoms with Crippen LogP contribution in [0.4, 0.5) is 0 Å². The van der Waals surface area contributed by atoms with Crippen molar-refractivity contribution in [2.45, 2.75) is 63.1 Å². The molecule has 19 heavy (non-hydrogen) atoms. The zero-order valence-corrected chi connectivity index (χ0v) is 12.0. The molecule has 2 N–H and O–H groups in total. The lowest BCUT2D eigenvalue weighted by molar-refractivity contribution is 0.153. The maximum absolute atomic E-state index is 6.31. The molecular formula is C17H26N2. The first-order valence-electron chi connectivity index (χ1n) is 7.83. The maximum atomic E-state index is 6.31. The van der Waals surface area contributed by atoms with Gasteiger partial charge in [-0.2, -0.15) is 0 Å². The van der Waals surface area contributed by atoms with Crippen LogP contribution in [0.3, 0.4) is 0 Å². The molecule has 1 aromatic rings. The fraction of sp³-hybridized carbons (Fsp3) is 0.647. The summed E-state index contributed by atoms with van der Waals surface area (Å²) >= 11 is 0. The second kappa shape index (κ2) is 5.64. The number of rotatable bonds is 2. The van der Waals surface area contributed by atoms with Crippen molar-refractivity contribution >= 4 is 0 Å². The monoisotopic (exact) mass is 258 g/mol. The van der Waals surface area contributed by atoms with Crippen LogP contribution < -0.4 is 5.73 Å². The Kier molecular flexibility index (Phi) is 3.90. The average Bonchev–Trinajstić information content (AvgIpc) is 2.64. The third-order valence-corrected chi connectivity index (χ3v) is 5.12. The first kappa shape index (κ1) is 13.1. The molecule has 2 aliphatic rings. The molecule has 104 valence electrons. The van der Waals surface area contributed by atoms with Crippen LogP contribution in [0.2, 0.25) is 0 Å². The van der Waals surface area contributed by atoms with Gasteiger partial charge in [-0.25, -0.2) is 0 Å². The van der Waals surface area contributed by atoms with Gasteiger partial charge in [-0.1, -0.05) is 49.9 Å². The molecule has 3 rings (SSSR count). The SMILES string of the molecule is CN(C1CCCCCC1)C1CC(N)c2ccccc21. The number of nitrogens with zero attached hydrogens (tertiary/aromatic N) is 1. The quantitative estimate of drug-likeness (QED) is 0.818. The van der Waals surface area contributed by atoms with E-state index in [2.05, 4.69) is 36.2 Å². The van der Waals surface area contributed by atoms with Gasteiger partial charge in [-0.3, -0.25) is 4.90 Å². The van der Waals surface area contributed by atoms with Crippen LogP contribution in [0.15, 0.2) is 24.3 Å². The van der Waals surface area contributed by atoms with Crippen LogP contribution in [0, 0.1) is 0 Å². The Hall–Kier alpha value is -0.860. The summed E-state index contributed by atoms with van der Waals surface area (Å²) in [5, 5.41) is 0. The van der Waals surface area contributed by atoms with Crippen LogP contribution in [0.25, 0.3) is 0 Å². The molecule has 2 nitrogen and oxygen atoms in total. The molecule has 0 spiro atoms. The normalized spacial score (nSPS) is 28.4. The summed E-state index contributed by atoms with van der Waals surface area (Å²) in [6.07, 6.45) is 9.46. The Morgan fingerprint density at radius 1 is 1.00 bits per heavy atom. The van der Waals surface area contributed by atoms with E-state index in [1.165, 1.54) is 49.7 Å². The zero-order chi connectivity index (χ0) is 13.2. The van der Waals surface area contributed by atoms with Crippen molar-refractivity contribution in [3.8, 4) is 0 Å². The molecule has 2 aliphatic carbocycles. The van der Waals surface area contributed by atoms with Crippen molar-refractivity contribution in [3.05, 3.63) is 35.4 Å². The average molecular weight is 258 g/mol. The van der Waals surface area contributed by atoms with E-state index < -0.39 is 0 Å². The molecule has 0 amide bonds. The third-order valence-electron chi connectivity index (χ3n) is 5.12. The minimum absolute atomic E-state index is 0.231. The summed E-state index contributed by atoms with van der Waals surface area (Å²) in [5.41, 5.74) is 9.15. The number of hydrogen-bond donors (Lipinski definition) is 1. The highest BCUT2D eigenvalue weighted by atomic mass is 15.2. The fourth-order valence-electron chi connectivity index (χ4n) is 3.95. The third kappa shape index (κ3) is 2.56. The standard InChI is InChI=1S/C17H26N2/c1-19(13-8-4-2-3-5-9-13)17-12-16(18)14-10-6-7-11-15(14)17/h6-7,10-11,13,16-17H,2-5,8-9,12,18H2,1H3. The summed E-state index contributed by atoms with van der Waals surface area (Å²) < 4.78 is 0. The molecule has 0 bridgehead atoms. The Morgan fingerprint density at radius 3 is 2.32 bits per heavy atom. The second-order valence-corrected chi connectivity index (χ2v) is 6.30. The van der Waals surface area contributed by atoms with Gasteiger partial charge in [0.25, 0.3) is 0 Å². The molecule has 2 atom stereocenters. The van der Waals surface area contributed by atoms with Crippen LogP contribution in [0.1, 0.15) is 68.2 Å². The lowest BCUT2D eigenvalue weighted by atomic mass is 10.0. The van der Waals surface area contributed by atoms with Gasteiger partial charge in [-0.15, -0.1) is 0 Å². The predicted octanol–water partition coefficient (Wildman–Crippen LogP) is 3.79. The van der Waals surface area contributed by atoms with Crippen LogP contribution >= 0.6 is 0 Å². The van der Waals surface area contributed by atoms with Gasteiger partial charge >= 0.3 is 0 Å². The highest BCUT2D eigenvalue weighted by Gasteiger charge is 2.33. The predicted molar refractivity (Wildman–Crippen MR) is 80.0 cm³/mol. The molecule has 1 fully saturated rings. The molecule has 1 saturated carbocycles. The molecular weight excluding hydrogens is 232 g/mol. The Labute approximate surface area is 117 Å². The zero-order valence-electron chi connectivity index (χ0n) is 12.0. The molecule has 2 unspecified atom stereocenters. The van der Waals surface area contributed by atoms with Gasteiger partial charge in [0.05, 0.1) is 0 Å². The molecule has 0 heterocycles. The summed E-state index contributed by atoms with van der Waals surface area (Å²) in [6, 6.07) is 10.3. The second-order valence-electron chi connectivity index (χ2n) is 6.30. The van der Waals surface area contributed by atoms with Gasteiger partial charge < -0.3 is 5.73 Å². The van der Waals surface area contributed by atoms with E-state index in [0.29, 0.717) is 6.04 Å². The van der Waals surface area contributed by atoms with E-state index in [4.69, 9.17) is 5.73 Å². The lowest BCUT2D eigenvalue weighted by Gasteiger charge is -2.33. The smallest absolute Gasteiger partial charge is 0.0369 e. The lowest BCUT2D eigenvalue weighted by Crippen LogP contribution is -2.34. The molecule has 0 aliphatic heterocycles. The largest absolute Gasteiger partial charge is 0.324 e. The van der Waals surface area contributed by atoms with Gasteiger partial charge in [-0.05, 0) is 37.4 Å². The van der Waals surface area contributed by atoms with E-state index in [0.717, 1.165) is 12.5 Å². The van der Waals surface area contributed by atoms with Crippen LogP contribution in [-0.4, -0.2) is 18.0 Å². The van der Waals surface area contributed by atoms with Gasteiger partial charge in [0.2, 0.25) is 0 Å². The minimum atomic E-state index is 0.231. The summed E-state index contributed by atoms with van der Waals surface area (Å²) in [7, 11) is 2.31. The molecule has 0 saturated heterocycles. The van der Waals surface area contributed by atoms with E-state index in [9.17, 15) is 0 Å². The molecule has 0 aromatic heterocycles. The van der Waals surface area contributed by atoms with Crippen molar-refractivity contribution in [3.63, 3.8) is 0 Å². The minimum Gasteiger partial charge on any atom is -0.324 e. The van der Waals surface area contributed by atoms with Crippen LogP contribution in [-0.2, 0) is 0 Å². The fourth-order valence-corrected chi connectivity index (χ4v) is 3.95. The summed E-state index contributed by atoms with van der Waals surface area (Å²) in [6.45, 7) is 0. The Morgan fingerprint density at radius 2 is 1.63 bits per heavy atom. The highest BCUT2D eigenvalue weighted by molar-refractivity contribution is 5.37. The van der Waals surface area contributed by atoms with Gasteiger partial charge in [0.15, 0.2) is 0 Å².